The van der Waals surface area contributed by atoms with Crippen molar-refractivity contribution in [2.75, 3.05) is 6.61 Å². The zero-order valence-corrected chi connectivity index (χ0v) is 9.59. The maximum absolute atomic E-state index is 8.73. The summed E-state index contributed by atoms with van der Waals surface area (Å²) in [4.78, 5) is 0. The molecule has 0 aliphatic heterocycles. The third kappa shape index (κ3) is 8.02. The molecule has 0 aromatic carbocycles. The molecule has 0 heterocycles. The molecule has 0 radical (unpaired) electrons. The van der Waals surface area contributed by atoms with Crippen LogP contribution in [0.3, 0.4) is 0 Å². The maximum Gasteiger partial charge on any atom is 0.0585 e. The van der Waals surface area contributed by atoms with Crippen molar-refractivity contribution in [2.45, 2.75) is 46.1 Å². The second-order valence-corrected chi connectivity index (χ2v) is 4.05. The average Bonchev–Trinajstić information content (AvgIpc) is 2.13. The molecule has 0 saturated heterocycles. The first-order valence-corrected chi connectivity index (χ1v) is 5.21. The van der Waals surface area contributed by atoms with E-state index < -0.39 is 0 Å². The number of nitrogens with two attached hydrogens (primary N) is 1. The highest BCUT2D eigenvalue weighted by atomic mass is 16.3. The van der Waals surface area contributed by atoms with Gasteiger partial charge in [-0.3, -0.25) is 0 Å². The molecule has 3 N–H and O–H groups in total. The Balaban J connectivity index is 3.72. The molecule has 0 saturated carbocycles. The van der Waals surface area contributed by atoms with Crippen molar-refractivity contribution in [3.8, 4) is 0 Å². The predicted molar refractivity (Wildman–Crippen MR) is 62.1 cm³/mol. The van der Waals surface area contributed by atoms with Crippen LogP contribution in [0.25, 0.3) is 0 Å². The van der Waals surface area contributed by atoms with Gasteiger partial charge in [-0.05, 0) is 40.0 Å². The summed E-state index contributed by atoms with van der Waals surface area (Å²) in [6, 6.07) is -0.103. The first-order chi connectivity index (χ1) is 6.56. The molecule has 0 aromatic heterocycles. The van der Waals surface area contributed by atoms with E-state index >= 15 is 0 Å². The van der Waals surface area contributed by atoms with E-state index in [-0.39, 0.29) is 12.6 Å². The van der Waals surface area contributed by atoms with Crippen molar-refractivity contribution >= 4 is 0 Å². The lowest BCUT2D eigenvalue weighted by molar-refractivity contribution is 0.266. The Morgan fingerprint density at radius 3 is 2.43 bits per heavy atom. The predicted octanol–water partition coefficient (Wildman–Crippen LogP) is 2.39. The summed E-state index contributed by atoms with van der Waals surface area (Å²) in [7, 11) is 0. The zero-order chi connectivity index (χ0) is 11.0. The van der Waals surface area contributed by atoms with Crippen LogP contribution in [-0.2, 0) is 0 Å². The fourth-order valence-electron chi connectivity index (χ4n) is 1.12. The fraction of sp³-hybridized carbons (Fsp3) is 0.667. The molecule has 2 nitrogen and oxygen atoms in total. The Bertz CT molecular complexity index is 202. The largest absolute Gasteiger partial charge is 0.395 e. The van der Waals surface area contributed by atoms with E-state index in [1.807, 2.05) is 0 Å². The topological polar surface area (TPSA) is 46.2 Å². The SMILES string of the molecule is CC(C)=CCC/C(C)=C/CC(N)CO. The van der Waals surface area contributed by atoms with Gasteiger partial charge in [-0.1, -0.05) is 23.3 Å². The Labute approximate surface area is 87.5 Å². The van der Waals surface area contributed by atoms with Crippen LogP contribution < -0.4 is 5.73 Å². The molecular formula is C12H23NO. The number of aliphatic hydroxyl groups is 1. The van der Waals surface area contributed by atoms with Gasteiger partial charge in [-0.25, -0.2) is 0 Å². The number of rotatable bonds is 6. The fourth-order valence-corrected chi connectivity index (χ4v) is 1.12. The zero-order valence-electron chi connectivity index (χ0n) is 9.59. The van der Waals surface area contributed by atoms with Gasteiger partial charge in [0, 0.05) is 6.04 Å². The molecule has 0 aliphatic carbocycles. The molecule has 0 spiro atoms. The summed E-state index contributed by atoms with van der Waals surface area (Å²) in [6.45, 7) is 6.40. The Morgan fingerprint density at radius 1 is 1.29 bits per heavy atom. The average molecular weight is 197 g/mol. The van der Waals surface area contributed by atoms with Gasteiger partial charge in [0.05, 0.1) is 6.61 Å². The Hall–Kier alpha value is -0.600. The first kappa shape index (κ1) is 13.4. The number of hydrogen-bond donors (Lipinski definition) is 2. The quantitative estimate of drug-likeness (QED) is 0.642. The van der Waals surface area contributed by atoms with Gasteiger partial charge in [0.2, 0.25) is 0 Å². The number of hydrogen-bond acceptors (Lipinski definition) is 2. The van der Waals surface area contributed by atoms with Crippen LogP contribution in [0.5, 0.6) is 0 Å². The van der Waals surface area contributed by atoms with Gasteiger partial charge in [-0.2, -0.15) is 0 Å². The van der Waals surface area contributed by atoms with E-state index in [4.69, 9.17) is 10.8 Å². The van der Waals surface area contributed by atoms with E-state index in [2.05, 4.69) is 32.9 Å². The lowest BCUT2D eigenvalue weighted by Gasteiger charge is -2.04. The molecule has 0 aliphatic rings. The monoisotopic (exact) mass is 197 g/mol. The van der Waals surface area contributed by atoms with E-state index in [1.54, 1.807) is 0 Å². The maximum atomic E-state index is 8.73. The summed E-state index contributed by atoms with van der Waals surface area (Å²) >= 11 is 0. The Kier molecular flexibility index (Phi) is 7.44. The summed E-state index contributed by atoms with van der Waals surface area (Å²) in [5, 5.41) is 8.73. The van der Waals surface area contributed by atoms with E-state index in [0.29, 0.717) is 0 Å². The lowest BCUT2D eigenvalue weighted by atomic mass is 10.1. The molecule has 82 valence electrons. The molecule has 2 heteroatoms. The van der Waals surface area contributed by atoms with Crippen LogP contribution in [-0.4, -0.2) is 17.8 Å². The van der Waals surface area contributed by atoms with Crippen LogP contribution >= 0.6 is 0 Å². The molecule has 1 atom stereocenters. The first-order valence-electron chi connectivity index (χ1n) is 5.21. The van der Waals surface area contributed by atoms with Gasteiger partial charge in [-0.15, -0.1) is 0 Å². The number of aliphatic hydroxyl groups excluding tert-OH is 1. The normalized spacial score (nSPS) is 13.9. The molecule has 0 fully saturated rings. The highest BCUT2D eigenvalue weighted by Crippen LogP contribution is 2.07. The second-order valence-electron chi connectivity index (χ2n) is 4.05. The highest BCUT2D eigenvalue weighted by molar-refractivity contribution is 5.02. The summed E-state index contributed by atoms with van der Waals surface area (Å²) in [6.07, 6.45) is 7.32. The van der Waals surface area contributed by atoms with Crippen molar-refractivity contribution < 1.29 is 5.11 Å². The highest BCUT2D eigenvalue weighted by Gasteiger charge is 1.96. The third-order valence-corrected chi connectivity index (χ3v) is 2.09. The summed E-state index contributed by atoms with van der Waals surface area (Å²) in [5.41, 5.74) is 8.31. The van der Waals surface area contributed by atoms with Crippen LogP contribution in [0.1, 0.15) is 40.0 Å². The summed E-state index contributed by atoms with van der Waals surface area (Å²) in [5.74, 6) is 0. The van der Waals surface area contributed by atoms with E-state index in [1.165, 1.54) is 11.1 Å². The van der Waals surface area contributed by atoms with Crippen molar-refractivity contribution in [3.05, 3.63) is 23.3 Å². The van der Waals surface area contributed by atoms with Gasteiger partial charge >= 0.3 is 0 Å². The second kappa shape index (κ2) is 7.77. The molecule has 14 heavy (non-hydrogen) atoms. The van der Waals surface area contributed by atoms with Crippen LogP contribution in [0.15, 0.2) is 23.3 Å². The Morgan fingerprint density at radius 2 is 1.93 bits per heavy atom. The van der Waals surface area contributed by atoms with Crippen LogP contribution in [0.4, 0.5) is 0 Å². The van der Waals surface area contributed by atoms with E-state index in [0.717, 1.165) is 19.3 Å². The molecule has 0 aromatic rings. The van der Waals surface area contributed by atoms with Gasteiger partial charge in [0.1, 0.15) is 0 Å². The van der Waals surface area contributed by atoms with Gasteiger partial charge in [0.25, 0.3) is 0 Å². The standard InChI is InChI=1S/C12H23NO/c1-10(2)5-4-6-11(3)7-8-12(13)9-14/h5,7,12,14H,4,6,8-9,13H2,1-3H3/b11-7+. The van der Waals surface area contributed by atoms with Crippen molar-refractivity contribution in [3.63, 3.8) is 0 Å². The minimum absolute atomic E-state index is 0.0672. The minimum Gasteiger partial charge on any atom is -0.395 e. The smallest absolute Gasteiger partial charge is 0.0585 e. The lowest BCUT2D eigenvalue weighted by Crippen LogP contribution is -2.23. The van der Waals surface area contributed by atoms with Gasteiger partial charge in [0.15, 0.2) is 0 Å². The van der Waals surface area contributed by atoms with Crippen LogP contribution in [0.2, 0.25) is 0 Å². The summed E-state index contributed by atoms with van der Waals surface area (Å²) < 4.78 is 0. The molecular weight excluding hydrogens is 174 g/mol. The van der Waals surface area contributed by atoms with E-state index in [9.17, 15) is 0 Å². The van der Waals surface area contributed by atoms with Crippen LogP contribution in [0, 0.1) is 0 Å². The molecule has 0 amide bonds. The molecule has 0 bridgehead atoms. The minimum atomic E-state index is -0.103. The van der Waals surface area contributed by atoms with Crippen molar-refractivity contribution in [1.29, 1.82) is 0 Å². The van der Waals surface area contributed by atoms with Crippen molar-refractivity contribution in [1.82, 2.24) is 0 Å². The molecule has 0 rings (SSSR count). The van der Waals surface area contributed by atoms with Gasteiger partial charge < -0.3 is 10.8 Å². The van der Waals surface area contributed by atoms with Crippen molar-refractivity contribution in [2.24, 2.45) is 5.73 Å². The number of allylic oxidation sites excluding steroid dienone is 3. The third-order valence-electron chi connectivity index (χ3n) is 2.09. The molecule has 1 unspecified atom stereocenters.